The zero-order chi connectivity index (χ0) is 8.97. The quantitative estimate of drug-likeness (QED) is 0.538. The topological polar surface area (TPSA) is 52.4 Å². The maximum atomic E-state index is 9.82. The van der Waals surface area contributed by atoms with Crippen molar-refractivity contribution in [3.8, 4) is 0 Å². The second-order valence-corrected chi connectivity index (χ2v) is 2.50. The van der Waals surface area contributed by atoms with Gasteiger partial charge in [0.2, 0.25) is 0 Å². The highest BCUT2D eigenvalue weighted by Crippen LogP contribution is 2.15. The molecule has 0 radical (unpaired) electrons. The molecular weight excluding hydrogens is 182 g/mol. The minimum atomic E-state index is -0.844. The summed E-state index contributed by atoms with van der Waals surface area (Å²) in [6.45, 7) is -0.104. The van der Waals surface area contributed by atoms with E-state index >= 15 is 0 Å². The van der Waals surface area contributed by atoms with Gasteiger partial charge in [0.05, 0.1) is 0 Å². The van der Waals surface area contributed by atoms with Crippen LogP contribution in [0.1, 0.15) is 5.56 Å². The molecule has 4 nitrogen and oxygen atoms in total. The van der Waals surface area contributed by atoms with Gasteiger partial charge in [-0.1, -0.05) is 29.8 Å². The molecule has 1 rings (SSSR count). The van der Waals surface area contributed by atoms with Crippen LogP contribution >= 0.6 is 11.6 Å². The third-order valence-electron chi connectivity index (χ3n) is 1.28. The molecule has 5 heteroatoms. The van der Waals surface area contributed by atoms with E-state index in [9.17, 15) is 10.1 Å². The van der Waals surface area contributed by atoms with Crippen molar-refractivity contribution in [1.82, 2.24) is 0 Å². The Morgan fingerprint density at radius 1 is 1.50 bits per heavy atom. The Balaban J connectivity index is 2.63. The molecule has 0 fully saturated rings. The minimum Gasteiger partial charge on any atom is -0.309 e. The van der Waals surface area contributed by atoms with E-state index in [1.165, 1.54) is 0 Å². The Kier molecular flexibility index (Phi) is 2.88. The van der Waals surface area contributed by atoms with Gasteiger partial charge in [-0.2, -0.15) is 0 Å². The normalized spacial score (nSPS) is 9.42. The van der Waals surface area contributed by atoms with Crippen LogP contribution in [0.2, 0.25) is 5.02 Å². The summed E-state index contributed by atoms with van der Waals surface area (Å²) in [4.78, 5) is 14.0. The number of benzene rings is 1. The first-order valence-corrected chi connectivity index (χ1v) is 3.58. The van der Waals surface area contributed by atoms with Crippen molar-refractivity contribution in [2.24, 2.45) is 0 Å². The van der Waals surface area contributed by atoms with Gasteiger partial charge in [0.25, 0.3) is 5.09 Å². The van der Waals surface area contributed by atoms with Crippen molar-refractivity contribution in [1.29, 1.82) is 0 Å². The molecule has 0 unspecified atom stereocenters. The standard InChI is InChI=1S/C7H6ClNO3/c8-7-4-2-1-3-6(7)5-12-9(10)11/h1-4H,5H2. The van der Waals surface area contributed by atoms with Crippen molar-refractivity contribution in [2.45, 2.75) is 6.61 Å². The lowest BCUT2D eigenvalue weighted by Gasteiger charge is -2.00. The zero-order valence-electron chi connectivity index (χ0n) is 6.07. The van der Waals surface area contributed by atoms with E-state index < -0.39 is 5.09 Å². The van der Waals surface area contributed by atoms with Crippen LogP contribution in [-0.2, 0) is 11.4 Å². The number of nitrogens with zero attached hydrogens (tertiary/aromatic N) is 1. The van der Waals surface area contributed by atoms with Crippen molar-refractivity contribution in [3.05, 3.63) is 45.0 Å². The second-order valence-electron chi connectivity index (χ2n) is 2.09. The summed E-state index contributed by atoms with van der Waals surface area (Å²) in [6.07, 6.45) is 0. The summed E-state index contributed by atoms with van der Waals surface area (Å²) >= 11 is 5.71. The first-order chi connectivity index (χ1) is 5.70. The highest BCUT2D eigenvalue weighted by atomic mass is 35.5. The van der Waals surface area contributed by atoms with Crippen LogP contribution in [0.5, 0.6) is 0 Å². The SMILES string of the molecule is O=[N+]([O-])OCc1ccccc1Cl. The van der Waals surface area contributed by atoms with E-state index in [-0.39, 0.29) is 6.61 Å². The van der Waals surface area contributed by atoms with Crippen molar-refractivity contribution in [2.75, 3.05) is 0 Å². The Morgan fingerprint density at radius 2 is 2.17 bits per heavy atom. The molecule has 0 atom stereocenters. The molecule has 0 amide bonds. The van der Waals surface area contributed by atoms with Gasteiger partial charge in [-0.25, -0.2) is 0 Å². The molecule has 64 valence electrons. The summed E-state index contributed by atoms with van der Waals surface area (Å²) < 4.78 is 0. The predicted molar refractivity (Wildman–Crippen MR) is 43.2 cm³/mol. The zero-order valence-corrected chi connectivity index (χ0v) is 6.82. The van der Waals surface area contributed by atoms with Crippen LogP contribution in [0.3, 0.4) is 0 Å². The highest BCUT2D eigenvalue weighted by molar-refractivity contribution is 6.31. The monoisotopic (exact) mass is 187 g/mol. The highest BCUT2D eigenvalue weighted by Gasteiger charge is 2.00. The molecule has 0 saturated carbocycles. The Hall–Kier alpha value is -1.29. The number of rotatable bonds is 3. The largest absolute Gasteiger partial charge is 0.309 e. The minimum absolute atomic E-state index is 0.104. The third-order valence-corrected chi connectivity index (χ3v) is 1.65. The fourth-order valence-corrected chi connectivity index (χ4v) is 0.928. The summed E-state index contributed by atoms with van der Waals surface area (Å²) in [5, 5.41) is 9.45. The first-order valence-electron chi connectivity index (χ1n) is 3.21. The van der Waals surface area contributed by atoms with Gasteiger partial charge < -0.3 is 4.84 Å². The molecule has 0 spiro atoms. The molecule has 0 N–H and O–H groups in total. The molecule has 0 saturated heterocycles. The number of halogens is 1. The van der Waals surface area contributed by atoms with E-state index in [1.54, 1.807) is 24.3 Å². The summed E-state index contributed by atoms with van der Waals surface area (Å²) in [7, 11) is 0. The van der Waals surface area contributed by atoms with E-state index in [4.69, 9.17) is 11.6 Å². The van der Waals surface area contributed by atoms with Crippen molar-refractivity contribution >= 4 is 11.6 Å². The third kappa shape index (κ3) is 2.39. The van der Waals surface area contributed by atoms with Crippen LogP contribution in [0.4, 0.5) is 0 Å². The molecule has 0 heterocycles. The summed E-state index contributed by atoms with van der Waals surface area (Å²) in [5.74, 6) is 0. The maximum absolute atomic E-state index is 9.82. The van der Waals surface area contributed by atoms with Crippen LogP contribution < -0.4 is 0 Å². The van der Waals surface area contributed by atoms with E-state index in [1.807, 2.05) is 0 Å². The summed E-state index contributed by atoms with van der Waals surface area (Å²) in [6, 6.07) is 6.81. The van der Waals surface area contributed by atoms with Crippen LogP contribution in [0.15, 0.2) is 24.3 Å². The second kappa shape index (κ2) is 3.92. The van der Waals surface area contributed by atoms with E-state index in [0.717, 1.165) is 0 Å². The van der Waals surface area contributed by atoms with Gasteiger partial charge in [-0.3, -0.25) is 0 Å². The van der Waals surface area contributed by atoms with Gasteiger partial charge in [0, 0.05) is 5.02 Å². The van der Waals surface area contributed by atoms with Crippen LogP contribution in [0.25, 0.3) is 0 Å². The number of hydrogen-bond donors (Lipinski definition) is 0. The van der Waals surface area contributed by atoms with Gasteiger partial charge in [-0.15, -0.1) is 10.1 Å². The molecule has 1 aromatic rings. The summed E-state index contributed by atoms with van der Waals surface area (Å²) in [5.41, 5.74) is 0.607. The first kappa shape index (κ1) is 8.80. The molecule has 12 heavy (non-hydrogen) atoms. The van der Waals surface area contributed by atoms with E-state index in [2.05, 4.69) is 4.84 Å². The molecule has 0 aliphatic carbocycles. The predicted octanol–water partition coefficient (Wildman–Crippen LogP) is 2.05. The lowest BCUT2D eigenvalue weighted by Crippen LogP contribution is -2.00. The molecule has 0 aliphatic heterocycles. The van der Waals surface area contributed by atoms with Gasteiger partial charge in [-0.05, 0) is 11.6 Å². The Labute approximate surface area is 73.8 Å². The average Bonchev–Trinajstić information content (AvgIpc) is 2.03. The molecule has 0 bridgehead atoms. The maximum Gasteiger partial charge on any atom is 0.294 e. The Morgan fingerprint density at radius 3 is 2.75 bits per heavy atom. The molecule has 0 aromatic heterocycles. The van der Waals surface area contributed by atoms with Gasteiger partial charge in [0.15, 0.2) is 0 Å². The fourth-order valence-electron chi connectivity index (χ4n) is 0.738. The van der Waals surface area contributed by atoms with Gasteiger partial charge >= 0.3 is 0 Å². The molecule has 0 aliphatic rings. The fraction of sp³-hybridized carbons (Fsp3) is 0.143. The lowest BCUT2D eigenvalue weighted by atomic mass is 10.2. The van der Waals surface area contributed by atoms with Gasteiger partial charge in [0.1, 0.15) is 6.61 Å². The van der Waals surface area contributed by atoms with Crippen molar-refractivity contribution in [3.63, 3.8) is 0 Å². The average molecular weight is 188 g/mol. The smallest absolute Gasteiger partial charge is 0.294 e. The van der Waals surface area contributed by atoms with Crippen molar-refractivity contribution < 1.29 is 9.92 Å². The number of hydrogen-bond acceptors (Lipinski definition) is 3. The van der Waals surface area contributed by atoms with Crippen LogP contribution in [-0.4, -0.2) is 5.09 Å². The van der Waals surface area contributed by atoms with E-state index in [0.29, 0.717) is 10.6 Å². The van der Waals surface area contributed by atoms with Crippen LogP contribution in [0, 0.1) is 10.1 Å². The molecule has 1 aromatic carbocycles. The molecular formula is C7H6ClNO3. The Bertz CT molecular complexity index is 290. The lowest BCUT2D eigenvalue weighted by molar-refractivity contribution is -0.763.